The first-order valence-corrected chi connectivity index (χ1v) is 9.03. The third kappa shape index (κ3) is 4.50. The Morgan fingerprint density at radius 1 is 1.00 bits per heavy atom. The Balaban J connectivity index is 1.96. The highest BCUT2D eigenvalue weighted by atomic mass is 35.5. The predicted molar refractivity (Wildman–Crippen MR) is 110 cm³/mol. The molecule has 0 heterocycles. The van der Waals surface area contributed by atoms with Crippen molar-refractivity contribution in [2.24, 2.45) is 0 Å². The van der Waals surface area contributed by atoms with E-state index in [1.54, 1.807) is 18.2 Å². The zero-order valence-corrected chi connectivity index (χ0v) is 16.5. The molecule has 0 unspecified atom stereocenters. The normalized spacial score (nSPS) is 10.5. The number of carbonyl (C=O) groups is 2. The standard InChI is InChI=1S/C21H14Cl2FNO4/c1-29-14-7-11(6-13(22)10-14)12-8-17(23)19(18(24)9-12)25-20(26)15-4-2-3-5-16(15)21(27)28/h2-10H,1H3,(H,25,26)(H,27,28). The summed E-state index contributed by atoms with van der Waals surface area (Å²) in [6, 6.07) is 13.2. The number of halogens is 3. The summed E-state index contributed by atoms with van der Waals surface area (Å²) in [5.41, 5.74) is 0.430. The van der Waals surface area contributed by atoms with Crippen LogP contribution in [-0.2, 0) is 0 Å². The van der Waals surface area contributed by atoms with E-state index in [1.807, 2.05) is 0 Å². The van der Waals surface area contributed by atoms with E-state index in [0.717, 1.165) is 0 Å². The van der Waals surface area contributed by atoms with E-state index in [4.69, 9.17) is 27.9 Å². The third-order valence-corrected chi connectivity index (χ3v) is 4.64. The van der Waals surface area contributed by atoms with Crippen LogP contribution in [0.25, 0.3) is 11.1 Å². The molecular weight excluding hydrogens is 420 g/mol. The lowest BCUT2D eigenvalue weighted by Gasteiger charge is -2.13. The van der Waals surface area contributed by atoms with E-state index in [-0.39, 0.29) is 21.8 Å². The van der Waals surface area contributed by atoms with Gasteiger partial charge in [-0.1, -0.05) is 35.3 Å². The topological polar surface area (TPSA) is 75.6 Å². The average Bonchev–Trinajstić information content (AvgIpc) is 2.69. The van der Waals surface area contributed by atoms with Gasteiger partial charge in [0.2, 0.25) is 0 Å². The summed E-state index contributed by atoms with van der Waals surface area (Å²) in [6.07, 6.45) is 0. The van der Waals surface area contributed by atoms with Gasteiger partial charge in [-0.05, 0) is 53.6 Å². The second-order valence-electron chi connectivity index (χ2n) is 6.00. The fraction of sp³-hybridized carbons (Fsp3) is 0.0476. The molecule has 0 aliphatic carbocycles. The number of rotatable bonds is 5. The van der Waals surface area contributed by atoms with Gasteiger partial charge in [-0.2, -0.15) is 0 Å². The van der Waals surface area contributed by atoms with Gasteiger partial charge in [0.05, 0.1) is 28.9 Å². The summed E-state index contributed by atoms with van der Waals surface area (Å²) < 4.78 is 19.9. The lowest BCUT2D eigenvalue weighted by molar-refractivity contribution is 0.0692. The van der Waals surface area contributed by atoms with E-state index < -0.39 is 17.7 Å². The molecule has 0 aliphatic heterocycles. The molecule has 0 spiro atoms. The molecule has 1 amide bonds. The van der Waals surface area contributed by atoms with Crippen molar-refractivity contribution in [2.45, 2.75) is 0 Å². The van der Waals surface area contributed by atoms with Crippen molar-refractivity contribution in [3.05, 3.63) is 81.6 Å². The van der Waals surface area contributed by atoms with Crippen LogP contribution in [0.3, 0.4) is 0 Å². The molecule has 148 valence electrons. The molecule has 0 saturated carbocycles. The van der Waals surface area contributed by atoms with Crippen molar-refractivity contribution in [3.8, 4) is 16.9 Å². The van der Waals surface area contributed by atoms with Crippen LogP contribution >= 0.6 is 23.2 Å². The first-order valence-electron chi connectivity index (χ1n) is 8.28. The maximum Gasteiger partial charge on any atom is 0.336 e. The van der Waals surface area contributed by atoms with Gasteiger partial charge in [-0.3, -0.25) is 4.79 Å². The summed E-state index contributed by atoms with van der Waals surface area (Å²) in [5, 5.41) is 11.9. The Morgan fingerprint density at radius 3 is 2.28 bits per heavy atom. The Morgan fingerprint density at radius 2 is 1.66 bits per heavy atom. The number of anilines is 1. The number of hydrogen-bond acceptors (Lipinski definition) is 3. The Bertz CT molecular complexity index is 1090. The molecule has 3 aromatic rings. The van der Waals surface area contributed by atoms with Crippen molar-refractivity contribution >= 4 is 40.8 Å². The van der Waals surface area contributed by atoms with Gasteiger partial charge < -0.3 is 15.2 Å². The van der Waals surface area contributed by atoms with Crippen LogP contribution in [0.5, 0.6) is 5.75 Å². The summed E-state index contributed by atoms with van der Waals surface area (Å²) in [4.78, 5) is 23.8. The van der Waals surface area contributed by atoms with Crippen LogP contribution < -0.4 is 10.1 Å². The molecule has 3 aromatic carbocycles. The maximum atomic E-state index is 14.7. The molecule has 0 bridgehead atoms. The second-order valence-corrected chi connectivity index (χ2v) is 6.84. The number of hydrogen-bond donors (Lipinski definition) is 2. The summed E-state index contributed by atoms with van der Waals surface area (Å²) in [6.45, 7) is 0. The summed E-state index contributed by atoms with van der Waals surface area (Å²) in [5.74, 6) is -2.35. The number of nitrogens with one attached hydrogen (secondary N) is 1. The van der Waals surface area contributed by atoms with Crippen molar-refractivity contribution in [1.29, 1.82) is 0 Å². The number of aromatic carboxylic acids is 1. The molecule has 0 fully saturated rings. The van der Waals surface area contributed by atoms with Crippen LogP contribution in [0.15, 0.2) is 54.6 Å². The monoisotopic (exact) mass is 433 g/mol. The number of ether oxygens (including phenoxy) is 1. The predicted octanol–water partition coefficient (Wildman–Crippen LogP) is 5.76. The number of carboxylic acid groups (broad SMARTS) is 1. The number of benzene rings is 3. The van der Waals surface area contributed by atoms with Crippen LogP contribution in [0.2, 0.25) is 10.0 Å². The largest absolute Gasteiger partial charge is 0.497 e. The van der Waals surface area contributed by atoms with Gasteiger partial charge in [0.15, 0.2) is 0 Å². The molecule has 2 N–H and O–H groups in total. The van der Waals surface area contributed by atoms with Gasteiger partial charge >= 0.3 is 5.97 Å². The minimum absolute atomic E-state index is 0.0555. The van der Waals surface area contributed by atoms with Crippen molar-refractivity contribution in [1.82, 2.24) is 0 Å². The average molecular weight is 434 g/mol. The molecular formula is C21H14Cl2FNO4. The highest BCUT2D eigenvalue weighted by Gasteiger charge is 2.19. The minimum atomic E-state index is -1.27. The van der Waals surface area contributed by atoms with Gasteiger partial charge in [-0.25, -0.2) is 9.18 Å². The molecule has 29 heavy (non-hydrogen) atoms. The molecule has 0 radical (unpaired) electrons. The molecule has 0 atom stereocenters. The lowest BCUT2D eigenvalue weighted by Crippen LogP contribution is -2.17. The third-order valence-electron chi connectivity index (χ3n) is 4.12. The number of carboxylic acids is 1. The van der Waals surface area contributed by atoms with E-state index in [2.05, 4.69) is 5.32 Å². The molecule has 3 rings (SSSR count). The number of carbonyl (C=O) groups excluding carboxylic acids is 1. The first kappa shape index (κ1) is 20.6. The Labute approximate surface area is 175 Å². The zero-order chi connectivity index (χ0) is 21.1. The van der Waals surface area contributed by atoms with Crippen LogP contribution in [0.4, 0.5) is 10.1 Å². The van der Waals surface area contributed by atoms with E-state index >= 15 is 0 Å². The molecule has 5 nitrogen and oxygen atoms in total. The number of methoxy groups -OCH3 is 1. The molecule has 8 heteroatoms. The smallest absolute Gasteiger partial charge is 0.336 e. The summed E-state index contributed by atoms with van der Waals surface area (Å²) >= 11 is 12.3. The molecule has 0 aliphatic rings. The van der Waals surface area contributed by atoms with E-state index in [9.17, 15) is 19.1 Å². The van der Waals surface area contributed by atoms with Gasteiger partial charge in [-0.15, -0.1) is 0 Å². The quantitative estimate of drug-likeness (QED) is 0.536. The fourth-order valence-corrected chi connectivity index (χ4v) is 3.24. The lowest BCUT2D eigenvalue weighted by atomic mass is 10.0. The Hall–Kier alpha value is -3.09. The second kappa shape index (κ2) is 8.51. The Kier molecular flexibility index (Phi) is 6.06. The molecule has 0 aromatic heterocycles. The highest BCUT2D eigenvalue weighted by Crippen LogP contribution is 2.35. The van der Waals surface area contributed by atoms with Crippen LogP contribution in [-0.4, -0.2) is 24.1 Å². The van der Waals surface area contributed by atoms with Crippen LogP contribution in [0.1, 0.15) is 20.7 Å². The van der Waals surface area contributed by atoms with E-state index in [1.165, 1.54) is 43.5 Å². The fourth-order valence-electron chi connectivity index (χ4n) is 2.75. The van der Waals surface area contributed by atoms with Crippen molar-refractivity contribution in [2.75, 3.05) is 12.4 Å². The highest BCUT2D eigenvalue weighted by molar-refractivity contribution is 6.34. The number of amides is 1. The maximum absolute atomic E-state index is 14.7. The first-order chi connectivity index (χ1) is 13.8. The minimum Gasteiger partial charge on any atom is -0.497 e. The van der Waals surface area contributed by atoms with E-state index in [0.29, 0.717) is 21.9 Å². The van der Waals surface area contributed by atoms with Gasteiger partial charge in [0.25, 0.3) is 5.91 Å². The van der Waals surface area contributed by atoms with Gasteiger partial charge in [0, 0.05) is 5.02 Å². The summed E-state index contributed by atoms with van der Waals surface area (Å²) in [7, 11) is 1.48. The van der Waals surface area contributed by atoms with Crippen LogP contribution in [0, 0.1) is 5.82 Å². The van der Waals surface area contributed by atoms with Crippen molar-refractivity contribution in [3.63, 3.8) is 0 Å². The molecule has 0 saturated heterocycles. The van der Waals surface area contributed by atoms with Gasteiger partial charge in [0.1, 0.15) is 11.6 Å². The zero-order valence-electron chi connectivity index (χ0n) is 15.0. The SMILES string of the molecule is COc1cc(Cl)cc(-c2cc(F)c(NC(=O)c3ccccc3C(=O)O)c(Cl)c2)c1. The van der Waals surface area contributed by atoms with Crippen molar-refractivity contribution < 1.29 is 23.8 Å².